The summed E-state index contributed by atoms with van der Waals surface area (Å²) in [6, 6.07) is 27.8. The minimum absolute atomic E-state index is 0.0732. The van der Waals surface area contributed by atoms with Crippen LogP contribution >= 0.6 is 0 Å². The molecule has 246 valence electrons. The second-order valence-electron chi connectivity index (χ2n) is 13.8. The number of anilines is 1. The van der Waals surface area contributed by atoms with E-state index in [2.05, 4.69) is 64.1 Å². The van der Waals surface area contributed by atoms with Crippen LogP contribution in [0.15, 0.2) is 84.9 Å². The van der Waals surface area contributed by atoms with Gasteiger partial charge in [-0.3, -0.25) is 14.5 Å². The Kier molecular flexibility index (Phi) is 8.73. The van der Waals surface area contributed by atoms with Crippen molar-refractivity contribution in [1.82, 2.24) is 15.0 Å². The number of fused-ring (bicyclic) bond motifs is 2. The van der Waals surface area contributed by atoms with E-state index < -0.39 is 0 Å². The van der Waals surface area contributed by atoms with Crippen LogP contribution in [0.5, 0.6) is 11.5 Å². The normalized spacial score (nSPS) is 17.8. The maximum atomic E-state index is 13.2. The van der Waals surface area contributed by atoms with Gasteiger partial charge in [-0.15, -0.1) is 10.2 Å². The fourth-order valence-corrected chi connectivity index (χ4v) is 6.71. The van der Waals surface area contributed by atoms with E-state index in [1.165, 1.54) is 4.90 Å². The molecule has 2 heterocycles. The molecular weight excluding hydrogens is 600 g/mol. The Balaban J connectivity index is 1.24. The molecule has 1 saturated carbocycles. The quantitative estimate of drug-likeness (QED) is 0.142. The van der Waals surface area contributed by atoms with E-state index in [0.717, 1.165) is 76.2 Å². The monoisotopic (exact) mass is 642 g/mol. The van der Waals surface area contributed by atoms with Crippen molar-refractivity contribution in [1.29, 1.82) is 0 Å². The Morgan fingerprint density at radius 2 is 1.02 bits per heavy atom. The first-order chi connectivity index (χ1) is 23.3. The number of imide groups is 1. The summed E-state index contributed by atoms with van der Waals surface area (Å²) >= 11 is 0. The van der Waals surface area contributed by atoms with Crippen LogP contribution in [-0.4, -0.2) is 40.0 Å². The molecule has 0 N–H and O–H groups in total. The van der Waals surface area contributed by atoms with E-state index in [4.69, 9.17) is 19.7 Å². The van der Waals surface area contributed by atoms with Crippen molar-refractivity contribution < 1.29 is 19.1 Å². The van der Waals surface area contributed by atoms with Crippen LogP contribution < -0.4 is 14.4 Å². The van der Waals surface area contributed by atoms with Crippen molar-refractivity contribution in [3.8, 4) is 39.4 Å². The lowest BCUT2D eigenvalue weighted by Crippen LogP contribution is -2.30. The summed E-state index contributed by atoms with van der Waals surface area (Å²) in [5, 5.41) is 10.0. The van der Waals surface area contributed by atoms with E-state index in [9.17, 15) is 9.59 Å². The number of benzene rings is 4. The summed E-state index contributed by atoms with van der Waals surface area (Å²) in [6.45, 7) is 9.85. The SMILES string of the molecule is CC(C)COc1ccc(-c2ccc(-c3ccc(OCC(C)C)cc3)c3nn(-c4ccc(N5C(=O)C6CCCCC6C5=O)cc4)nc23)cc1. The number of hydrogen-bond acceptors (Lipinski definition) is 6. The zero-order valence-electron chi connectivity index (χ0n) is 28.1. The van der Waals surface area contributed by atoms with Crippen LogP contribution in [0.1, 0.15) is 53.4 Å². The lowest BCUT2D eigenvalue weighted by atomic mass is 9.81. The zero-order chi connectivity index (χ0) is 33.4. The van der Waals surface area contributed by atoms with Gasteiger partial charge in [0.05, 0.1) is 36.4 Å². The zero-order valence-corrected chi connectivity index (χ0v) is 28.1. The fourth-order valence-electron chi connectivity index (χ4n) is 6.71. The molecule has 2 atom stereocenters. The van der Waals surface area contributed by atoms with E-state index in [1.54, 1.807) is 4.80 Å². The van der Waals surface area contributed by atoms with Crippen molar-refractivity contribution in [2.24, 2.45) is 23.7 Å². The molecule has 1 aliphatic carbocycles. The Morgan fingerprint density at radius 3 is 1.44 bits per heavy atom. The molecule has 8 nitrogen and oxygen atoms in total. The summed E-state index contributed by atoms with van der Waals surface area (Å²) in [5.41, 5.74) is 6.80. The van der Waals surface area contributed by atoms with Gasteiger partial charge < -0.3 is 9.47 Å². The van der Waals surface area contributed by atoms with Gasteiger partial charge in [-0.1, -0.05) is 76.9 Å². The molecule has 0 bridgehead atoms. The number of amides is 2. The van der Waals surface area contributed by atoms with Gasteiger partial charge >= 0.3 is 0 Å². The molecule has 2 aliphatic rings. The highest BCUT2D eigenvalue weighted by atomic mass is 16.5. The molecule has 1 aromatic heterocycles. The minimum Gasteiger partial charge on any atom is -0.493 e. The van der Waals surface area contributed by atoms with Crippen LogP contribution in [0.3, 0.4) is 0 Å². The third-order valence-corrected chi connectivity index (χ3v) is 9.22. The van der Waals surface area contributed by atoms with Gasteiger partial charge in [0.1, 0.15) is 22.5 Å². The van der Waals surface area contributed by atoms with Crippen molar-refractivity contribution in [3.05, 3.63) is 84.9 Å². The molecule has 2 fully saturated rings. The Bertz CT molecular complexity index is 1810. The van der Waals surface area contributed by atoms with Gasteiger partial charge in [-0.2, -0.15) is 4.80 Å². The largest absolute Gasteiger partial charge is 0.493 e. The minimum atomic E-state index is -0.187. The highest BCUT2D eigenvalue weighted by Gasteiger charge is 2.48. The number of rotatable bonds is 10. The number of ether oxygens (including phenoxy) is 2. The molecule has 0 radical (unpaired) electrons. The highest BCUT2D eigenvalue weighted by molar-refractivity contribution is 6.22. The van der Waals surface area contributed by atoms with Gasteiger partial charge in [0, 0.05) is 11.1 Å². The maximum Gasteiger partial charge on any atom is 0.237 e. The number of aromatic nitrogens is 3. The number of hydrogen-bond donors (Lipinski definition) is 0. The smallest absolute Gasteiger partial charge is 0.237 e. The van der Waals surface area contributed by atoms with Crippen molar-refractivity contribution in [2.45, 2.75) is 53.4 Å². The van der Waals surface area contributed by atoms with Crippen molar-refractivity contribution in [2.75, 3.05) is 18.1 Å². The average Bonchev–Trinajstić information content (AvgIpc) is 3.66. The summed E-state index contributed by atoms with van der Waals surface area (Å²) in [5.74, 6) is 2.03. The second-order valence-corrected chi connectivity index (χ2v) is 13.8. The number of carbonyl (C=O) groups excluding carboxylic acids is 2. The average molecular weight is 643 g/mol. The Labute approximate surface area is 281 Å². The fraction of sp³-hybridized carbons (Fsp3) is 0.350. The van der Waals surface area contributed by atoms with Gasteiger partial charge in [0.15, 0.2) is 0 Å². The molecule has 48 heavy (non-hydrogen) atoms. The van der Waals surface area contributed by atoms with Gasteiger partial charge in [-0.25, -0.2) is 0 Å². The molecule has 1 aliphatic heterocycles. The highest BCUT2D eigenvalue weighted by Crippen LogP contribution is 2.40. The molecular formula is C40H42N4O4. The first-order valence-corrected chi connectivity index (χ1v) is 17.1. The van der Waals surface area contributed by atoms with Crippen molar-refractivity contribution >= 4 is 28.5 Å². The second kappa shape index (κ2) is 13.3. The summed E-state index contributed by atoms with van der Waals surface area (Å²) in [6.07, 6.45) is 3.59. The van der Waals surface area contributed by atoms with Crippen LogP contribution in [0.4, 0.5) is 5.69 Å². The van der Waals surface area contributed by atoms with E-state index in [0.29, 0.717) is 30.7 Å². The number of carbonyl (C=O) groups is 2. The molecule has 2 amide bonds. The number of nitrogens with zero attached hydrogens (tertiary/aromatic N) is 4. The van der Waals surface area contributed by atoms with Gasteiger partial charge in [0.25, 0.3) is 0 Å². The topological polar surface area (TPSA) is 86.5 Å². The molecule has 2 unspecified atom stereocenters. The predicted octanol–water partition coefficient (Wildman–Crippen LogP) is 8.50. The molecule has 0 spiro atoms. The standard InChI is InChI=1S/C40H42N4O4/c1-25(2)23-47-31-17-9-27(10-18-31)33-21-22-34(28-11-19-32(20-12-28)48-24-26(3)4)38-37(33)41-44(42-38)30-15-13-29(14-16-30)43-39(45)35-7-5-6-8-36(35)40(43)46/h9-22,25-26,35-36H,5-8,23-24H2,1-4H3. The van der Waals surface area contributed by atoms with Gasteiger partial charge in [-0.05, 0) is 84.3 Å². The molecule has 1 saturated heterocycles. The molecule has 7 rings (SSSR count). The molecule has 8 heteroatoms. The van der Waals surface area contributed by atoms with Crippen LogP contribution in [-0.2, 0) is 9.59 Å². The molecule has 4 aromatic carbocycles. The third-order valence-electron chi connectivity index (χ3n) is 9.22. The predicted molar refractivity (Wildman–Crippen MR) is 188 cm³/mol. The summed E-state index contributed by atoms with van der Waals surface area (Å²) < 4.78 is 11.8. The lowest BCUT2D eigenvalue weighted by Gasteiger charge is -2.19. The van der Waals surface area contributed by atoms with E-state index in [1.807, 2.05) is 48.5 Å². The maximum absolute atomic E-state index is 13.2. The van der Waals surface area contributed by atoms with Crippen molar-refractivity contribution in [3.63, 3.8) is 0 Å². The summed E-state index contributed by atoms with van der Waals surface area (Å²) in [4.78, 5) is 29.4. The van der Waals surface area contributed by atoms with E-state index >= 15 is 0 Å². The van der Waals surface area contributed by atoms with Crippen LogP contribution in [0.2, 0.25) is 0 Å². The first-order valence-electron chi connectivity index (χ1n) is 17.1. The van der Waals surface area contributed by atoms with Crippen LogP contribution in [0.25, 0.3) is 39.0 Å². The molecule has 5 aromatic rings. The summed E-state index contributed by atoms with van der Waals surface area (Å²) in [7, 11) is 0. The Hall–Kier alpha value is -4.98. The third kappa shape index (κ3) is 6.19. The van der Waals surface area contributed by atoms with E-state index in [-0.39, 0.29) is 23.7 Å². The van der Waals surface area contributed by atoms with Crippen LogP contribution in [0, 0.1) is 23.7 Å². The lowest BCUT2D eigenvalue weighted by molar-refractivity contribution is -0.122. The van der Waals surface area contributed by atoms with Gasteiger partial charge in [0.2, 0.25) is 11.8 Å². The Morgan fingerprint density at radius 1 is 0.604 bits per heavy atom. The first kappa shape index (κ1) is 31.6.